The van der Waals surface area contributed by atoms with Crippen molar-refractivity contribution in [2.75, 3.05) is 31.5 Å². The highest BCUT2D eigenvalue weighted by Crippen LogP contribution is 2.25. The van der Waals surface area contributed by atoms with Crippen molar-refractivity contribution in [3.63, 3.8) is 0 Å². The lowest BCUT2D eigenvalue weighted by molar-refractivity contribution is 0.0943. The number of anilines is 1. The van der Waals surface area contributed by atoms with E-state index in [2.05, 4.69) is 34.4 Å². The second kappa shape index (κ2) is 7.98. The lowest BCUT2D eigenvalue weighted by Gasteiger charge is -2.19. The fraction of sp³-hybridized carbons (Fsp3) is 0.625. The Morgan fingerprint density at radius 2 is 2.14 bits per heavy atom. The van der Waals surface area contributed by atoms with Gasteiger partial charge in [-0.05, 0) is 37.9 Å². The Morgan fingerprint density at radius 3 is 2.71 bits per heavy atom. The number of pyridine rings is 1. The minimum Gasteiger partial charge on any atom is -0.384 e. The molecule has 0 bridgehead atoms. The molecule has 1 amide bonds. The topological polar surface area (TPSA) is 57.3 Å². The van der Waals surface area contributed by atoms with E-state index in [1.54, 1.807) is 12.3 Å². The molecule has 5 nitrogen and oxygen atoms in total. The molecule has 0 radical (unpaired) electrons. The zero-order chi connectivity index (χ0) is 15.1. The van der Waals surface area contributed by atoms with E-state index in [-0.39, 0.29) is 5.91 Å². The molecule has 0 saturated heterocycles. The van der Waals surface area contributed by atoms with Crippen molar-refractivity contribution in [3.05, 3.63) is 24.0 Å². The van der Waals surface area contributed by atoms with Crippen molar-refractivity contribution in [1.29, 1.82) is 0 Å². The second-order valence-corrected chi connectivity index (χ2v) is 5.47. The van der Waals surface area contributed by atoms with Gasteiger partial charge in [0.2, 0.25) is 0 Å². The standard InChI is InChI=1S/C16H26N4O/c1-3-9-17-13-5-8-15(19-12-13)16(21)18-10-11-20(4-2)14-6-7-14/h5,8,12,14,17H,3-4,6-7,9-11H2,1-2H3,(H,18,21). The summed E-state index contributed by atoms with van der Waals surface area (Å²) in [5, 5.41) is 6.19. The molecule has 1 saturated carbocycles. The average molecular weight is 290 g/mol. The Morgan fingerprint density at radius 1 is 1.33 bits per heavy atom. The maximum absolute atomic E-state index is 12.0. The molecule has 0 atom stereocenters. The number of likely N-dealkylation sites (N-methyl/N-ethyl adjacent to an activating group) is 1. The monoisotopic (exact) mass is 290 g/mol. The SMILES string of the molecule is CCCNc1ccc(C(=O)NCCN(CC)C2CC2)nc1. The smallest absolute Gasteiger partial charge is 0.269 e. The summed E-state index contributed by atoms with van der Waals surface area (Å²) in [6, 6.07) is 4.42. The van der Waals surface area contributed by atoms with E-state index in [0.717, 1.165) is 37.8 Å². The Balaban J connectivity index is 1.74. The van der Waals surface area contributed by atoms with Gasteiger partial charge in [-0.15, -0.1) is 0 Å². The molecule has 1 fully saturated rings. The molecule has 0 spiro atoms. The quantitative estimate of drug-likeness (QED) is 0.731. The van der Waals surface area contributed by atoms with Crippen molar-refractivity contribution in [3.8, 4) is 0 Å². The van der Waals surface area contributed by atoms with Crippen LogP contribution in [0, 0.1) is 0 Å². The lowest BCUT2D eigenvalue weighted by Crippen LogP contribution is -2.36. The van der Waals surface area contributed by atoms with E-state index >= 15 is 0 Å². The summed E-state index contributed by atoms with van der Waals surface area (Å²) in [5.41, 5.74) is 1.44. The third kappa shape index (κ3) is 5.01. The van der Waals surface area contributed by atoms with E-state index < -0.39 is 0 Å². The van der Waals surface area contributed by atoms with Crippen LogP contribution in [0.2, 0.25) is 0 Å². The Kier molecular flexibility index (Phi) is 5.99. The van der Waals surface area contributed by atoms with E-state index in [1.807, 2.05) is 6.07 Å². The van der Waals surface area contributed by atoms with Gasteiger partial charge in [-0.1, -0.05) is 13.8 Å². The van der Waals surface area contributed by atoms with Crippen LogP contribution in [0.1, 0.15) is 43.6 Å². The summed E-state index contributed by atoms with van der Waals surface area (Å²) in [5.74, 6) is -0.0936. The number of nitrogens with zero attached hydrogens (tertiary/aromatic N) is 2. The van der Waals surface area contributed by atoms with Crippen molar-refractivity contribution < 1.29 is 4.79 Å². The number of hydrogen-bond donors (Lipinski definition) is 2. The van der Waals surface area contributed by atoms with E-state index in [9.17, 15) is 4.79 Å². The van der Waals surface area contributed by atoms with Crippen molar-refractivity contribution in [1.82, 2.24) is 15.2 Å². The highest BCUT2D eigenvalue weighted by Gasteiger charge is 2.27. The Hall–Kier alpha value is -1.62. The van der Waals surface area contributed by atoms with E-state index in [0.29, 0.717) is 12.2 Å². The minimum absolute atomic E-state index is 0.0936. The minimum atomic E-state index is -0.0936. The molecule has 1 aromatic rings. The Labute approximate surface area is 127 Å². The number of aromatic nitrogens is 1. The molecule has 1 aliphatic carbocycles. The van der Waals surface area contributed by atoms with E-state index in [1.165, 1.54) is 12.8 Å². The van der Waals surface area contributed by atoms with Crippen LogP contribution >= 0.6 is 0 Å². The van der Waals surface area contributed by atoms with Gasteiger partial charge in [0.05, 0.1) is 11.9 Å². The molecule has 0 aromatic carbocycles. The molecule has 1 aromatic heterocycles. The fourth-order valence-electron chi connectivity index (χ4n) is 2.34. The molecule has 0 unspecified atom stereocenters. The average Bonchev–Trinajstić information content (AvgIpc) is 3.34. The first kappa shape index (κ1) is 15.8. The van der Waals surface area contributed by atoms with Gasteiger partial charge in [-0.2, -0.15) is 0 Å². The summed E-state index contributed by atoms with van der Waals surface area (Å²) < 4.78 is 0. The second-order valence-electron chi connectivity index (χ2n) is 5.47. The van der Waals surface area contributed by atoms with Gasteiger partial charge in [0.15, 0.2) is 0 Å². The first-order valence-electron chi connectivity index (χ1n) is 7.96. The highest BCUT2D eigenvalue weighted by molar-refractivity contribution is 5.92. The third-order valence-corrected chi connectivity index (χ3v) is 3.73. The summed E-state index contributed by atoms with van der Waals surface area (Å²) in [4.78, 5) is 18.6. The number of rotatable bonds is 9. The molecule has 2 rings (SSSR count). The van der Waals surface area contributed by atoms with Crippen LogP contribution in [0.25, 0.3) is 0 Å². The van der Waals surface area contributed by atoms with Crippen LogP contribution < -0.4 is 10.6 Å². The van der Waals surface area contributed by atoms with E-state index in [4.69, 9.17) is 0 Å². The lowest BCUT2D eigenvalue weighted by atomic mass is 10.3. The van der Waals surface area contributed by atoms with Crippen molar-refractivity contribution >= 4 is 11.6 Å². The zero-order valence-electron chi connectivity index (χ0n) is 13.1. The van der Waals surface area contributed by atoms with Crippen molar-refractivity contribution in [2.24, 2.45) is 0 Å². The van der Waals surface area contributed by atoms with Gasteiger partial charge in [0.1, 0.15) is 5.69 Å². The highest BCUT2D eigenvalue weighted by atomic mass is 16.1. The normalized spacial score (nSPS) is 14.2. The fourth-order valence-corrected chi connectivity index (χ4v) is 2.34. The maximum Gasteiger partial charge on any atom is 0.269 e. The third-order valence-electron chi connectivity index (χ3n) is 3.73. The number of amides is 1. The number of carbonyl (C=O) groups is 1. The molecule has 5 heteroatoms. The van der Waals surface area contributed by atoms with Crippen LogP contribution in [-0.2, 0) is 0 Å². The van der Waals surface area contributed by atoms with Gasteiger partial charge in [-0.3, -0.25) is 9.69 Å². The van der Waals surface area contributed by atoms with Crippen LogP contribution in [0.15, 0.2) is 18.3 Å². The largest absolute Gasteiger partial charge is 0.384 e. The predicted octanol–water partition coefficient (Wildman–Crippen LogP) is 2.12. The van der Waals surface area contributed by atoms with Crippen LogP contribution in [-0.4, -0.2) is 48.0 Å². The first-order valence-corrected chi connectivity index (χ1v) is 7.96. The number of hydrogen-bond acceptors (Lipinski definition) is 4. The molecule has 2 N–H and O–H groups in total. The number of nitrogens with one attached hydrogen (secondary N) is 2. The first-order chi connectivity index (χ1) is 10.2. The molecule has 21 heavy (non-hydrogen) atoms. The van der Waals surface area contributed by atoms with Crippen molar-refractivity contribution in [2.45, 2.75) is 39.2 Å². The molecule has 0 aliphatic heterocycles. The zero-order valence-corrected chi connectivity index (χ0v) is 13.1. The molecular weight excluding hydrogens is 264 g/mol. The summed E-state index contributed by atoms with van der Waals surface area (Å²) in [6.45, 7) is 7.86. The molecule has 1 heterocycles. The van der Waals surface area contributed by atoms with Crippen LogP contribution in [0.5, 0.6) is 0 Å². The van der Waals surface area contributed by atoms with Crippen LogP contribution in [0.4, 0.5) is 5.69 Å². The summed E-state index contributed by atoms with van der Waals surface area (Å²) >= 11 is 0. The van der Waals surface area contributed by atoms with Gasteiger partial charge in [-0.25, -0.2) is 4.98 Å². The number of carbonyl (C=O) groups excluding carboxylic acids is 1. The molecule has 1 aliphatic rings. The maximum atomic E-state index is 12.0. The Bertz CT molecular complexity index is 442. The van der Waals surface area contributed by atoms with Gasteiger partial charge < -0.3 is 10.6 Å². The molecular formula is C16H26N4O. The summed E-state index contributed by atoms with van der Waals surface area (Å²) in [6.07, 6.45) is 5.38. The van der Waals surface area contributed by atoms with Crippen LogP contribution in [0.3, 0.4) is 0 Å². The van der Waals surface area contributed by atoms with Gasteiger partial charge >= 0.3 is 0 Å². The van der Waals surface area contributed by atoms with Gasteiger partial charge in [0.25, 0.3) is 5.91 Å². The summed E-state index contributed by atoms with van der Waals surface area (Å²) in [7, 11) is 0. The van der Waals surface area contributed by atoms with Gasteiger partial charge in [0, 0.05) is 25.7 Å². The predicted molar refractivity (Wildman–Crippen MR) is 85.6 cm³/mol. The molecule has 116 valence electrons.